The number of aliphatic carboxylic acids is 1. The SMILES string of the molecule is CC(C)Nc1ncnc2c1ncn2[C@@H]1O[C@H](COC(C(=O)O)P(=O)(O)O)[C@@H](O)[C@H]1O. The Hall–Kier alpha value is -2.19. The van der Waals surface area contributed by atoms with Crippen LogP contribution in [0.2, 0.25) is 0 Å². The second kappa shape index (κ2) is 8.51. The number of carboxylic acids is 1. The first kappa shape index (κ1) is 22.5. The molecule has 0 amide bonds. The van der Waals surface area contributed by atoms with Gasteiger partial charge in [0, 0.05) is 6.04 Å². The van der Waals surface area contributed by atoms with Crippen molar-refractivity contribution in [3.63, 3.8) is 0 Å². The minimum Gasteiger partial charge on any atom is -0.479 e. The van der Waals surface area contributed by atoms with Gasteiger partial charge in [0.1, 0.15) is 24.6 Å². The van der Waals surface area contributed by atoms with Crippen LogP contribution in [-0.2, 0) is 18.8 Å². The molecule has 0 saturated carbocycles. The number of hydrogen-bond donors (Lipinski definition) is 6. The van der Waals surface area contributed by atoms with Crippen molar-refractivity contribution < 1.29 is 43.9 Å². The Morgan fingerprint density at radius 3 is 2.60 bits per heavy atom. The van der Waals surface area contributed by atoms with E-state index < -0.39 is 50.6 Å². The van der Waals surface area contributed by atoms with Gasteiger partial charge in [-0.25, -0.2) is 19.7 Å². The monoisotopic (exact) mass is 447 g/mol. The predicted octanol–water partition coefficient (Wildman–Crippen LogP) is -1.13. The maximum Gasteiger partial charge on any atom is 0.365 e. The molecule has 30 heavy (non-hydrogen) atoms. The largest absolute Gasteiger partial charge is 0.479 e. The minimum absolute atomic E-state index is 0.0705. The zero-order valence-electron chi connectivity index (χ0n) is 15.9. The number of fused-ring (bicyclic) bond motifs is 1. The van der Waals surface area contributed by atoms with E-state index in [-0.39, 0.29) is 6.04 Å². The van der Waals surface area contributed by atoms with Gasteiger partial charge >= 0.3 is 13.6 Å². The Morgan fingerprint density at radius 2 is 2.00 bits per heavy atom. The van der Waals surface area contributed by atoms with Crippen molar-refractivity contribution in [2.24, 2.45) is 0 Å². The van der Waals surface area contributed by atoms with Gasteiger partial charge in [0.05, 0.1) is 12.9 Å². The van der Waals surface area contributed by atoms with E-state index in [1.54, 1.807) is 0 Å². The number of aromatic nitrogens is 4. The van der Waals surface area contributed by atoms with Gasteiger partial charge in [-0.15, -0.1) is 0 Å². The van der Waals surface area contributed by atoms with Crippen molar-refractivity contribution in [3.8, 4) is 0 Å². The van der Waals surface area contributed by atoms with Crippen LogP contribution < -0.4 is 5.32 Å². The first-order chi connectivity index (χ1) is 14.0. The van der Waals surface area contributed by atoms with E-state index in [2.05, 4.69) is 20.3 Å². The van der Waals surface area contributed by atoms with Gasteiger partial charge in [-0.1, -0.05) is 0 Å². The topological polar surface area (TPSA) is 209 Å². The van der Waals surface area contributed by atoms with Crippen LogP contribution in [-0.4, -0.2) is 87.4 Å². The normalized spacial score (nSPS) is 25.7. The number of nitrogens with one attached hydrogen (secondary N) is 1. The molecule has 1 fully saturated rings. The quantitative estimate of drug-likeness (QED) is 0.265. The molecule has 0 spiro atoms. The number of carbonyl (C=O) groups is 1. The minimum atomic E-state index is -5.10. The molecule has 2 aromatic heterocycles. The molecule has 0 radical (unpaired) electrons. The fourth-order valence-electron chi connectivity index (χ4n) is 3.01. The van der Waals surface area contributed by atoms with E-state index in [9.17, 15) is 19.6 Å². The van der Waals surface area contributed by atoms with Crippen molar-refractivity contribution in [2.45, 2.75) is 50.3 Å². The molecule has 6 N–H and O–H groups in total. The number of rotatable bonds is 8. The van der Waals surface area contributed by atoms with Crippen molar-refractivity contribution in [1.29, 1.82) is 0 Å². The van der Waals surface area contributed by atoms with Crippen molar-refractivity contribution in [1.82, 2.24) is 19.5 Å². The Kier molecular flexibility index (Phi) is 6.38. The van der Waals surface area contributed by atoms with Crippen LogP contribution in [0.1, 0.15) is 20.1 Å². The standard InChI is InChI=1S/C15H22N5O9P/c1-6(2)19-11-8-12(17-4-16-11)20(5-18-8)13-10(22)9(21)7(29-13)3-28-15(14(23)24)30(25,26)27/h4-7,9-10,13,15,21-22H,3H2,1-2H3,(H,23,24)(H,16,17,19)(H2,25,26,27)/t7-,9-,10-,13-,15?/m1/s1. The van der Waals surface area contributed by atoms with Crippen molar-refractivity contribution >= 4 is 30.5 Å². The van der Waals surface area contributed by atoms with Crippen molar-refractivity contribution in [2.75, 3.05) is 11.9 Å². The summed E-state index contributed by atoms with van der Waals surface area (Å²) in [5, 5.41) is 32.7. The predicted molar refractivity (Wildman–Crippen MR) is 99.4 cm³/mol. The summed E-state index contributed by atoms with van der Waals surface area (Å²) in [5.41, 5.74) is 0.716. The van der Waals surface area contributed by atoms with Crippen LogP contribution in [0.5, 0.6) is 0 Å². The van der Waals surface area contributed by atoms with Crippen LogP contribution in [0.25, 0.3) is 11.2 Å². The van der Waals surface area contributed by atoms with E-state index in [0.717, 1.165) is 0 Å². The van der Waals surface area contributed by atoms with Gasteiger partial charge in [0.2, 0.25) is 0 Å². The summed E-state index contributed by atoms with van der Waals surface area (Å²) >= 11 is 0. The van der Waals surface area contributed by atoms with E-state index in [1.165, 1.54) is 17.2 Å². The second-order valence-corrected chi connectivity index (χ2v) is 8.65. The molecule has 1 aliphatic rings. The Bertz CT molecular complexity index is 963. The summed E-state index contributed by atoms with van der Waals surface area (Å²) in [5.74, 6) is -3.82. The fraction of sp³-hybridized carbons (Fsp3) is 0.600. The molecule has 2 aromatic rings. The van der Waals surface area contributed by atoms with E-state index >= 15 is 0 Å². The van der Waals surface area contributed by atoms with Gasteiger partial charge in [0.15, 0.2) is 23.2 Å². The van der Waals surface area contributed by atoms with Crippen molar-refractivity contribution in [3.05, 3.63) is 12.7 Å². The average molecular weight is 447 g/mol. The van der Waals surface area contributed by atoms with Crippen LogP contribution in [0.4, 0.5) is 5.82 Å². The lowest BCUT2D eigenvalue weighted by atomic mass is 10.1. The van der Waals surface area contributed by atoms with Gasteiger partial charge in [0.25, 0.3) is 5.85 Å². The third kappa shape index (κ3) is 4.44. The average Bonchev–Trinajstić information content (AvgIpc) is 3.17. The van der Waals surface area contributed by atoms with E-state index in [1.807, 2.05) is 13.8 Å². The van der Waals surface area contributed by atoms with Gasteiger partial charge in [-0.3, -0.25) is 9.13 Å². The third-order valence-corrected chi connectivity index (χ3v) is 5.31. The molecule has 0 bridgehead atoms. The molecule has 1 saturated heterocycles. The highest BCUT2D eigenvalue weighted by molar-refractivity contribution is 7.53. The molecule has 0 aromatic carbocycles. The van der Waals surface area contributed by atoms with E-state index in [0.29, 0.717) is 17.0 Å². The van der Waals surface area contributed by atoms with Crippen LogP contribution in [0.3, 0.4) is 0 Å². The Morgan fingerprint density at radius 1 is 1.30 bits per heavy atom. The number of aliphatic hydroxyl groups excluding tert-OH is 2. The highest BCUT2D eigenvalue weighted by Gasteiger charge is 2.46. The summed E-state index contributed by atoms with van der Waals surface area (Å²) in [4.78, 5) is 41.6. The van der Waals surface area contributed by atoms with E-state index in [4.69, 9.17) is 24.4 Å². The maximum absolute atomic E-state index is 11.2. The number of nitrogens with zero attached hydrogens (tertiary/aromatic N) is 4. The van der Waals surface area contributed by atoms with Gasteiger partial charge in [-0.05, 0) is 13.8 Å². The summed E-state index contributed by atoms with van der Waals surface area (Å²) in [6.45, 7) is 3.15. The number of carboxylic acid groups (broad SMARTS) is 1. The number of ether oxygens (including phenoxy) is 2. The molecule has 14 nitrogen and oxygen atoms in total. The lowest BCUT2D eigenvalue weighted by Gasteiger charge is -2.19. The molecule has 15 heteroatoms. The number of anilines is 1. The van der Waals surface area contributed by atoms with Gasteiger partial charge < -0.3 is 39.9 Å². The number of hydrogen-bond acceptors (Lipinski definition) is 10. The molecule has 3 heterocycles. The lowest BCUT2D eigenvalue weighted by molar-refractivity contribution is -0.149. The van der Waals surface area contributed by atoms with Gasteiger partial charge in [-0.2, -0.15) is 0 Å². The molecule has 1 unspecified atom stereocenters. The summed E-state index contributed by atoms with van der Waals surface area (Å²) in [6, 6.07) is 0.0705. The first-order valence-electron chi connectivity index (χ1n) is 8.86. The zero-order chi connectivity index (χ0) is 22.2. The molecule has 3 rings (SSSR count). The fourth-order valence-corrected chi connectivity index (χ4v) is 3.58. The van der Waals surface area contributed by atoms with Crippen LogP contribution >= 0.6 is 7.60 Å². The molecule has 166 valence electrons. The highest BCUT2D eigenvalue weighted by Crippen LogP contribution is 2.42. The van der Waals surface area contributed by atoms with Crippen LogP contribution in [0.15, 0.2) is 12.7 Å². The lowest BCUT2D eigenvalue weighted by Crippen LogP contribution is -2.36. The van der Waals surface area contributed by atoms with Crippen LogP contribution in [0, 0.1) is 0 Å². The second-order valence-electron chi connectivity index (χ2n) is 7.00. The molecular formula is C15H22N5O9P. The molecule has 0 aliphatic carbocycles. The molecular weight excluding hydrogens is 425 g/mol. The summed E-state index contributed by atoms with van der Waals surface area (Å²) < 4.78 is 22.9. The summed E-state index contributed by atoms with van der Waals surface area (Å²) in [7, 11) is -5.10. The number of aliphatic hydroxyl groups is 2. The summed E-state index contributed by atoms with van der Waals surface area (Å²) in [6.07, 6.45) is -2.77. The maximum atomic E-state index is 11.2. The zero-order valence-corrected chi connectivity index (χ0v) is 16.8. The smallest absolute Gasteiger partial charge is 0.365 e. The first-order valence-corrected chi connectivity index (χ1v) is 10.5. The number of imidazole rings is 1. The Labute approximate surface area is 169 Å². The third-order valence-electron chi connectivity index (χ3n) is 4.33. The Balaban J connectivity index is 1.80. The molecule has 5 atom stereocenters. The highest BCUT2D eigenvalue weighted by atomic mass is 31.2. The molecule has 1 aliphatic heterocycles.